The van der Waals surface area contributed by atoms with Gasteiger partial charge in [0.05, 0.1) is 47.5 Å². The van der Waals surface area contributed by atoms with E-state index in [1.54, 1.807) is 48.8 Å². The van der Waals surface area contributed by atoms with Crippen molar-refractivity contribution in [2.45, 2.75) is 33.4 Å². The molecule has 0 atom stereocenters. The van der Waals surface area contributed by atoms with Gasteiger partial charge in [-0.3, -0.25) is 34.1 Å². The number of aryl methyl sites for hydroxylation is 2. The highest BCUT2D eigenvalue weighted by Gasteiger charge is 2.28. The van der Waals surface area contributed by atoms with Crippen LogP contribution < -0.4 is 26.4 Å². The van der Waals surface area contributed by atoms with Crippen molar-refractivity contribution in [3.8, 4) is 5.75 Å². The minimum absolute atomic E-state index is 0.0316. The highest BCUT2D eigenvalue weighted by Crippen LogP contribution is 2.40. The molecule has 5 rings (SSSR count). The average Bonchev–Trinajstić information content (AvgIpc) is 3.78. The molecule has 0 fully saturated rings. The molecular weight excluding hydrogens is 658 g/mol. The molecule has 264 valence electrons. The Morgan fingerprint density at radius 1 is 1.16 bits per heavy atom. The monoisotopic (exact) mass is 695 g/mol. The van der Waals surface area contributed by atoms with E-state index in [4.69, 9.17) is 20.6 Å². The van der Waals surface area contributed by atoms with E-state index in [1.165, 1.54) is 27.8 Å². The lowest BCUT2D eigenvalue weighted by molar-refractivity contribution is -0.105. The number of benzene rings is 2. The molecule has 2 aromatic carbocycles. The summed E-state index contributed by atoms with van der Waals surface area (Å²) in [6.45, 7) is 7.61. The molecule has 6 N–H and O–H groups in total. The maximum atomic E-state index is 14.5. The number of nitrogens with zero attached hydrogens (tertiary/aromatic N) is 6. The minimum Gasteiger partial charge on any atom is -0.491 e. The topological polar surface area (TPSA) is 226 Å². The van der Waals surface area contributed by atoms with Gasteiger partial charge in [0.2, 0.25) is 12.4 Å². The van der Waals surface area contributed by atoms with Crippen molar-refractivity contribution in [3.05, 3.63) is 83.4 Å². The van der Waals surface area contributed by atoms with Gasteiger partial charge in [-0.1, -0.05) is 18.2 Å². The van der Waals surface area contributed by atoms with E-state index in [2.05, 4.69) is 27.0 Å². The zero-order valence-corrected chi connectivity index (χ0v) is 28.0. The number of carbonyl (C=O) groups excluding carboxylic acids is 4. The first-order valence-electron chi connectivity index (χ1n) is 15.8. The molecular formula is C35H37N9O7. The summed E-state index contributed by atoms with van der Waals surface area (Å²) in [7, 11) is 0. The predicted octanol–water partition coefficient (Wildman–Crippen LogP) is 3.54. The Morgan fingerprint density at radius 3 is 2.65 bits per heavy atom. The van der Waals surface area contributed by atoms with Crippen LogP contribution in [0.2, 0.25) is 0 Å². The van der Waals surface area contributed by atoms with Crippen LogP contribution in [0.5, 0.6) is 5.75 Å². The summed E-state index contributed by atoms with van der Waals surface area (Å²) in [6, 6.07) is 7.88. The molecule has 5 aromatic rings. The number of aldehydes is 1. The second kappa shape index (κ2) is 15.8. The van der Waals surface area contributed by atoms with Crippen molar-refractivity contribution in [1.29, 1.82) is 0 Å². The highest BCUT2D eigenvalue weighted by molar-refractivity contribution is 6.14. The number of nitrogens with one attached hydrogen (secondary N) is 1. The fraction of sp³-hybridized carbons (Fsp3) is 0.229. The number of allylic oxidation sites excluding steroid dienone is 2. The van der Waals surface area contributed by atoms with Gasteiger partial charge >= 0.3 is 0 Å². The zero-order valence-electron chi connectivity index (χ0n) is 28.0. The fourth-order valence-corrected chi connectivity index (χ4v) is 5.71. The zero-order chi connectivity index (χ0) is 36.7. The third-order valence-electron chi connectivity index (χ3n) is 7.75. The molecule has 0 bridgehead atoms. The number of ether oxygens (including phenoxy) is 1. The third-order valence-corrected chi connectivity index (χ3v) is 7.75. The summed E-state index contributed by atoms with van der Waals surface area (Å²) >= 11 is 0. The molecule has 0 saturated heterocycles. The number of hydrogen-bond donors (Lipinski definition) is 4. The van der Waals surface area contributed by atoms with E-state index in [1.807, 2.05) is 0 Å². The van der Waals surface area contributed by atoms with Gasteiger partial charge in [-0.05, 0) is 44.2 Å². The minimum atomic E-state index is -0.691. The van der Waals surface area contributed by atoms with Crippen LogP contribution >= 0.6 is 0 Å². The van der Waals surface area contributed by atoms with E-state index in [9.17, 15) is 24.3 Å². The third kappa shape index (κ3) is 7.40. The molecule has 16 heteroatoms. The Balaban J connectivity index is 1.62. The number of amides is 3. The molecule has 3 heterocycles. The Bertz CT molecular complexity index is 2190. The van der Waals surface area contributed by atoms with Crippen LogP contribution in [0.25, 0.3) is 22.0 Å². The van der Waals surface area contributed by atoms with Crippen LogP contribution in [0.1, 0.15) is 49.1 Å². The summed E-state index contributed by atoms with van der Waals surface area (Å²) in [6.07, 6.45) is 7.56. The van der Waals surface area contributed by atoms with Crippen LogP contribution in [0, 0.1) is 13.8 Å². The van der Waals surface area contributed by atoms with Crippen molar-refractivity contribution in [2.24, 2.45) is 16.5 Å². The summed E-state index contributed by atoms with van der Waals surface area (Å²) in [5.74, 6) is -0.242. The van der Waals surface area contributed by atoms with E-state index in [-0.39, 0.29) is 72.7 Å². The quantitative estimate of drug-likeness (QED) is 0.0364. The molecule has 0 radical (unpaired) electrons. The summed E-state index contributed by atoms with van der Waals surface area (Å²) < 4.78 is 15.1. The molecule has 0 aliphatic heterocycles. The first-order chi connectivity index (χ1) is 24.6. The number of rotatable bonds is 17. The molecule has 16 nitrogen and oxygen atoms in total. The predicted molar refractivity (Wildman–Crippen MR) is 192 cm³/mol. The van der Waals surface area contributed by atoms with Crippen molar-refractivity contribution in [2.75, 3.05) is 30.0 Å². The summed E-state index contributed by atoms with van der Waals surface area (Å²) in [5.41, 5.74) is 14.3. The molecule has 0 aliphatic rings. The number of aliphatic imine (C=N–C) groups is 1. The Hall–Kier alpha value is -6.55. The molecule has 0 unspecified atom stereocenters. The van der Waals surface area contributed by atoms with Gasteiger partial charge in [-0.2, -0.15) is 5.10 Å². The van der Waals surface area contributed by atoms with Crippen LogP contribution in [0.4, 0.5) is 17.3 Å². The van der Waals surface area contributed by atoms with Crippen LogP contribution in [0.15, 0.2) is 64.5 Å². The van der Waals surface area contributed by atoms with Crippen LogP contribution in [-0.4, -0.2) is 75.0 Å². The van der Waals surface area contributed by atoms with E-state index < -0.39 is 11.8 Å². The molecule has 3 amide bonds. The second-order valence-electron chi connectivity index (χ2n) is 11.3. The molecule has 51 heavy (non-hydrogen) atoms. The lowest BCUT2D eigenvalue weighted by atomic mass is 10.1. The number of primary amides is 1. The first-order valence-corrected chi connectivity index (χ1v) is 15.8. The van der Waals surface area contributed by atoms with Gasteiger partial charge in [0.15, 0.2) is 0 Å². The van der Waals surface area contributed by atoms with Gasteiger partial charge in [-0.25, -0.2) is 9.98 Å². The smallest absolute Gasteiger partial charge is 0.277 e. The van der Waals surface area contributed by atoms with Crippen molar-refractivity contribution in [3.63, 3.8) is 0 Å². The van der Waals surface area contributed by atoms with Crippen molar-refractivity contribution >= 4 is 70.2 Å². The van der Waals surface area contributed by atoms with E-state index in [0.29, 0.717) is 52.6 Å². The van der Waals surface area contributed by atoms with Gasteiger partial charge in [0.1, 0.15) is 34.8 Å². The maximum absolute atomic E-state index is 14.5. The first kappa shape index (κ1) is 35.7. The Morgan fingerprint density at radius 2 is 1.96 bits per heavy atom. The van der Waals surface area contributed by atoms with Crippen molar-refractivity contribution in [1.82, 2.24) is 19.3 Å². The molecule has 0 aliphatic carbocycles. The molecule has 3 aromatic heterocycles. The normalized spacial score (nSPS) is 11.5. The number of aliphatic hydroxyl groups is 1. The van der Waals surface area contributed by atoms with Crippen LogP contribution in [-0.2, 0) is 17.9 Å². The van der Waals surface area contributed by atoms with Crippen molar-refractivity contribution < 1.29 is 33.4 Å². The average molecular weight is 696 g/mol. The largest absolute Gasteiger partial charge is 0.491 e. The number of furan rings is 1. The van der Waals surface area contributed by atoms with Crippen LogP contribution in [0.3, 0.4) is 0 Å². The summed E-state index contributed by atoms with van der Waals surface area (Å²) in [4.78, 5) is 60.3. The number of carbonyl (C=O) groups is 4. The SMILES string of the molecule is C=CCn1nc(C)cc1C(=O)N(C/C=C/Cn1c(NC=O)nc2cc(C(N)=O)c3oc(C)cc3c21)c1c(N=CN)cc(C=O)cc1OCCCO. The summed E-state index contributed by atoms with van der Waals surface area (Å²) in [5, 5.41) is 17.0. The molecule has 0 saturated carbocycles. The maximum Gasteiger partial charge on any atom is 0.277 e. The van der Waals surface area contributed by atoms with Gasteiger partial charge in [0, 0.05) is 37.1 Å². The number of aliphatic hydroxyl groups excluding tert-OH is 1. The second-order valence-corrected chi connectivity index (χ2v) is 11.3. The van der Waals surface area contributed by atoms with Gasteiger partial charge in [0.25, 0.3) is 11.8 Å². The number of fused-ring (bicyclic) bond motifs is 3. The van der Waals surface area contributed by atoms with Gasteiger partial charge in [-0.15, -0.1) is 6.58 Å². The lowest BCUT2D eigenvalue weighted by Crippen LogP contribution is -2.33. The lowest BCUT2D eigenvalue weighted by Gasteiger charge is -2.26. The van der Waals surface area contributed by atoms with Gasteiger partial charge < -0.3 is 30.3 Å². The molecule has 0 spiro atoms. The number of imidazole rings is 1. The highest BCUT2D eigenvalue weighted by atomic mass is 16.5. The fourth-order valence-electron chi connectivity index (χ4n) is 5.71. The number of anilines is 2. The standard InChI is InChI=1S/C35H37N9O7/c1-4-8-44-28(13-21(2)41-44)34(49)42(31-26(38-19-36)15-23(18-46)16-29(31)50-12-7-11-45)9-5-6-10-43-30-24-14-22(3)51-32(24)25(33(37)48)17-27(30)40-35(43)39-20-47/h4-6,13-20,45H,1,7-12H2,2-3H3,(H2,36,38)(H2,37,48)(H,39,40,47)/b6-5+. The number of hydrogen-bond acceptors (Lipinski definition) is 10. The van der Waals surface area contributed by atoms with E-state index >= 15 is 0 Å². The number of nitrogens with two attached hydrogens (primary N) is 2. The van der Waals surface area contributed by atoms with E-state index in [0.717, 1.165) is 6.34 Å². The Labute approximate surface area is 291 Å². The number of aromatic nitrogens is 4. The Kier molecular flexibility index (Phi) is 11.1.